The Labute approximate surface area is 140 Å². The van der Waals surface area contributed by atoms with E-state index in [-0.39, 0.29) is 18.6 Å². The fraction of sp³-hybridized carbons (Fsp3) is 0.667. The first-order valence-corrected chi connectivity index (χ1v) is 8.71. The zero-order chi connectivity index (χ0) is 15.6. The minimum absolute atomic E-state index is 0.156. The molecule has 0 radical (unpaired) electrons. The fourth-order valence-corrected chi connectivity index (χ4v) is 3.33. The summed E-state index contributed by atoms with van der Waals surface area (Å²) < 4.78 is 5.93. The highest BCUT2D eigenvalue weighted by Gasteiger charge is 2.41. The van der Waals surface area contributed by atoms with E-state index in [1.165, 1.54) is 18.9 Å². The highest BCUT2D eigenvalue weighted by atomic mass is 127. The molecule has 0 unspecified atom stereocenters. The Hall–Kier alpha value is -0.360. The largest absolute Gasteiger partial charge is 0.480 e. The van der Waals surface area contributed by atoms with Gasteiger partial charge in [0.1, 0.15) is 15.5 Å². The molecular formula is C12H18IN3O4S. The Morgan fingerprint density at radius 2 is 2.10 bits per heavy atom. The second kappa shape index (κ2) is 7.27. The van der Waals surface area contributed by atoms with Gasteiger partial charge in [0.2, 0.25) is 5.88 Å². The quantitative estimate of drug-likeness (QED) is 0.303. The Balaban J connectivity index is 2.23. The molecule has 1 aromatic rings. The smallest absolute Gasteiger partial charge is 0.233 e. The third kappa shape index (κ3) is 3.52. The van der Waals surface area contributed by atoms with Crippen LogP contribution in [0.2, 0.25) is 0 Å². The van der Waals surface area contributed by atoms with Gasteiger partial charge in [0.05, 0.1) is 19.3 Å². The topological polar surface area (TPSA) is 108 Å². The highest BCUT2D eigenvalue weighted by molar-refractivity contribution is 14.1. The van der Waals surface area contributed by atoms with Crippen LogP contribution in [-0.2, 0) is 0 Å². The van der Waals surface area contributed by atoms with Crippen molar-refractivity contribution >= 4 is 40.2 Å². The van der Waals surface area contributed by atoms with Crippen LogP contribution in [0.4, 0.5) is 5.82 Å². The Morgan fingerprint density at radius 1 is 1.38 bits per heavy atom. The predicted octanol–water partition coefficient (Wildman–Crippen LogP) is 0.326. The van der Waals surface area contributed by atoms with Gasteiger partial charge in [0.15, 0.2) is 5.16 Å². The number of aliphatic hydroxyl groups is 3. The molecule has 21 heavy (non-hydrogen) atoms. The third-order valence-corrected chi connectivity index (χ3v) is 5.05. The monoisotopic (exact) mass is 427 g/mol. The van der Waals surface area contributed by atoms with Crippen molar-refractivity contribution in [3.63, 3.8) is 0 Å². The molecule has 0 saturated heterocycles. The Bertz CT molecular complexity index is 508. The van der Waals surface area contributed by atoms with Gasteiger partial charge in [-0.05, 0) is 35.3 Å². The number of ether oxygens (including phenoxy) is 1. The van der Waals surface area contributed by atoms with Crippen molar-refractivity contribution in [2.45, 2.75) is 29.8 Å². The fourth-order valence-electron chi connectivity index (χ4n) is 2.35. The minimum Gasteiger partial charge on any atom is -0.480 e. The van der Waals surface area contributed by atoms with Crippen LogP contribution in [0.25, 0.3) is 0 Å². The summed E-state index contributed by atoms with van der Waals surface area (Å²) in [7, 11) is 1.54. The zero-order valence-corrected chi connectivity index (χ0v) is 14.6. The lowest BCUT2D eigenvalue weighted by atomic mass is 10.1. The van der Waals surface area contributed by atoms with E-state index in [2.05, 4.69) is 37.9 Å². The summed E-state index contributed by atoms with van der Waals surface area (Å²) in [6.07, 6.45) is 0.447. The van der Waals surface area contributed by atoms with Crippen molar-refractivity contribution in [1.29, 1.82) is 0 Å². The predicted molar refractivity (Wildman–Crippen MR) is 87.7 cm³/mol. The molecule has 7 nitrogen and oxygen atoms in total. The second-order valence-corrected chi connectivity index (χ2v) is 6.64. The van der Waals surface area contributed by atoms with E-state index in [9.17, 15) is 15.3 Å². The molecule has 0 aromatic carbocycles. The molecule has 1 fully saturated rings. The van der Waals surface area contributed by atoms with Crippen LogP contribution in [0.5, 0.6) is 5.88 Å². The van der Waals surface area contributed by atoms with E-state index in [1.807, 2.05) is 6.26 Å². The maximum Gasteiger partial charge on any atom is 0.233 e. The van der Waals surface area contributed by atoms with E-state index in [0.717, 1.165) is 0 Å². The number of anilines is 1. The molecule has 1 heterocycles. The molecule has 4 atom stereocenters. The number of aliphatic hydroxyl groups excluding tert-OH is 3. The van der Waals surface area contributed by atoms with Crippen LogP contribution in [0, 0.1) is 9.49 Å². The normalized spacial score (nSPS) is 28.7. The van der Waals surface area contributed by atoms with Gasteiger partial charge in [0.25, 0.3) is 0 Å². The van der Waals surface area contributed by atoms with Gasteiger partial charge in [-0.15, -0.1) is 0 Å². The second-order valence-electron chi connectivity index (χ2n) is 4.79. The number of nitrogens with zero attached hydrogens (tertiary/aromatic N) is 2. The maximum absolute atomic E-state index is 10.1. The first-order chi connectivity index (χ1) is 10.0. The lowest BCUT2D eigenvalue weighted by Gasteiger charge is -2.20. The standard InChI is InChI=1S/C12H18IN3O4S/c1-20-11-7(13)10(15-12(16-11)21-2)14-6-3-5(4-17)8(18)9(6)19/h5-6,8-9,17-19H,3-4H2,1-2H3,(H,14,15,16)/t5-,6-,8-,9+/m1/s1. The number of methoxy groups -OCH3 is 1. The SMILES string of the molecule is COc1nc(SC)nc(N[C@@H]2C[C@H](CO)[C@@H](O)[C@H]2O)c1I. The lowest BCUT2D eigenvalue weighted by Crippen LogP contribution is -2.35. The van der Waals surface area contributed by atoms with E-state index in [1.54, 1.807) is 0 Å². The summed E-state index contributed by atoms with van der Waals surface area (Å²) in [4.78, 5) is 8.61. The molecule has 0 bridgehead atoms. The van der Waals surface area contributed by atoms with Gasteiger partial charge < -0.3 is 25.4 Å². The molecule has 2 rings (SSSR count). The first kappa shape index (κ1) is 17.0. The average molecular weight is 427 g/mol. The average Bonchev–Trinajstić information content (AvgIpc) is 2.77. The number of nitrogens with one attached hydrogen (secondary N) is 1. The summed E-state index contributed by atoms with van der Waals surface area (Å²) >= 11 is 3.46. The molecular weight excluding hydrogens is 409 g/mol. The summed E-state index contributed by atoms with van der Waals surface area (Å²) in [6.45, 7) is -0.156. The van der Waals surface area contributed by atoms with Crippen LogP contribution in [0.15, 0.2) is 5.16 Å². The summed E-state index contributed by atoms with van der Waals surface area (Å²) in [5.74, 6) is 0.685. The molecule has 1 aromatic heterocycles. The Morgan fingerprint density at radius 3 is 2.62 bits per heavy atom. The molecule has 0 amide bonds. The number of halogens is 1. The van der Waals surface area contributed by atoms with Crippen molar-refractivity contribution < 1.29 is 20.1 Å². The number of hydrogen-bond acceptors (Lipinski definition) is 8. The molecule has 9 heteroatoms. The summed E-state index contributed by atoms with van der Waals surface area (Å²) in [6, 6.07) is -0.375. The maximum atomic E-state index is 10.1. The minimum atomic E-state index is -0.948. The van der Waals surface area contributed by atoms with Crippen molar-refractivity contribution in [3.8, 4) is 5.88 Å². The van der Waals surface area contributed by atoms with E-state index in [0.29, 0.717) is 26.8 Å². The van der Waals surface area contributed by atoms with Crippen LogP contribution < -0.4 is 10.1 Å². The van der Waals surface area contributed by atoms with Crippen LogP contribution >= 0.6 is 34.4 Å². The van der Waals surface area contributed by atoms with Crippen LogP contribution in [0.3, 0.4) is 0 Å². The highest BCUT2D eigenvalue weighted by Crippen LogP contribution is 2.32. The first-order valence-electron chi connectivity index (χ1n) is 6.40. The molecule has 1 aliphatic rings. The number of thioether (sulfide) groups is 1. The van der Waals surface area contributed by atoms with E-state index < -0.39 is 12.2 Å². The molecule has 1 aliphatic carbocycles. The van der Waals surface area contributed by atoms with Crippen molar-refractivity contribution in [2.24, 2.45) is 5.92 Å². The molecule has 4 N–H and O–H groups in total. The molecule has 1 saturated carbocycles. The van der Waals surface area contributed by atoms with Gasteiger partial charge in [-0.1, -0.05) is 11.8 Å². The van der Waals surface area contributed by atoms with Gasteiger partial charge >= 0.3 is 0 Å². The molecule has 118 valence electrons. The number of aromatic nitrogens is 2. The Kier molecular flexibility index (Phi) is 5.88. The number of hydrogen-bond donors (Lipinski definition) is 4. The van der Waals surface area contributed by atoms with Crippen molar-refractivity contribution in [2.75, 3.05) is 25.3 Å². The lowest BCUT2D eigenvalue weighted by molar-refractivity contribution is 0.00444. The van der Waals surface area contributed by atoms with Gasteiger partial charge in [-0.2, -0.15) is 4.98 Å². The van der Waals surface area contributed by atoms with E-state index >= 15 is 0 Å². The van der Waals surface area contributed by atoms with Crippen molar-refractivity contribution in [1.82, 2.24) is 9.97 Å². The molecule has 0 aliphatic heterocycles. The molecule has 0 spiro atoms. The van der Waals surface area contributed by atoms with Crippen LogP contribution in [0.1, 0.15) is 6.42 Å². The third-order valence-electron chi connectivity index (χ3n) is 3.53. The zero-order valence-electron chi connectivity index (χ0n) is 11.7. The van der Waals surface area contributed by atoms with Gasteiger partial charge in [-0.3, -0.25) is 0 Å². The summed E-state index contributed by atoms with van der Waals surface area (Å²) in [5.41, 5.74) is 0. The van der Waals surface area contributed by atoms with Gasteiger partial charge in [0, 0.05) is 12.5 Å². The van der Waals surface area contributed by atoms with E-state index in [4.69, 9.17) is 4.74 Å². The van der Waals surface area contributed by atoms with Crippen molar-refractivity contribution in [3.05, 3.63) is 3.57 Å². The van der Waals surface area contributed by atoms with Gasteiger partial charge in [-0.25, -0.2) is 4.98 Å². The summed E-state index contributed by atoms with van der Waals surface area (Å²) in [5, 5.41) is 32.8. The number of rotatable bonds is 5. The van der Waals surface area contributed by atoms with Crippen LogP contribution in [-0.4, -0.2) is 63.5 Å².